The van der Waals surface area contributed by atoms with E-state index < -0.39 is 0 Å². The molecule has 0 amide bonds. The number of rotatable bonds is 8. The number of benzene rings is 2. The Bertz CT molecular complexity index is 750. The third kappa shape index (κ3) is 6.45. The molecule has 6 nitrogen and oxygen atoms in total. The van der Waals surface area contributed by atoms with Crippen molar-refractivity contribution in [3.05, 3.63) is 53.8 Å². The molecule has 0 bridgehead atoms. The number of hydrogen-bond acceptors (Lipinski definition) is 4. The molecule has 2 aromatic carbocycles. The Labute approximate surface area is 160 Å². The van der Waals surface area contributed by atoms with Crippen LogP contribution in [0.3, 0.4) is 0 Å². The van der Waals surface area contributed by atoms with E-state index in [-0.39, 0.29) is 5.82 Å². The van der Waals surface area contributed by atoms with E-state index in [2.05, 4.69) is 20.5 Å². The van der Waals surface area contributed by atoms with Gasteiger partial charge in [0.25, 0.3) is 0 Å². The SMILES string of the molecule is CN=C(NCCN(C)Cc1ccc(F)cc1)Nc1ccc(OC)c(OC)c1. The van der Waals surface area contributed by atoms with E-state index in [0.717, 1.165) is 24.3 Å². The Hall–Kier alpha value is -2.80. The number of ether oxygens (including phenoxy) is 2. The molecular formula is C20H27FN4O2. The summed E-state index contributed by atoms with van der Waals surface area (Å²) in [5, 5.41) is 6.50. The van der Waals surface area contributed by atoms with Gasteiger partial charge in [0.2, 0.25) is 0 Å². The predicted molar refractivity (Wildman–Crippen MR) is 107 cm³/mol. The molecule has 0 aliphatic carbocycles. The molecule has 0 radical (unpaired) electrons. The topological polar surface area (TPSA) is 58.1 Å². The van der Waals surface area contributed by atoms with Crippen LogP contribution in [-0.2, 0) is 6.54 Å². The second-order valence-corrected chi connectivity index (χ2v) is 6.06. The average Bonchev–Trinajstić information content (AvgIpc) is 2.68. The van der Waals surface area contributed by atoms with Crippen LogP contribution < -0.4 is 20.1 Å². The molecule has 146 valence electrons. The fourth-order valence-electron chi connectivity index (χ4n) is 2.58. The van der Waals surface area contributed by atoms with Crippen LogP contribution in [0.4, 0.5) is 10.1 Å². The van der Waals surface area contributed by atoms with Gasteiger partial charge in [0, 0.05) is 38.4 Å². The van der Waals surface area contributed by atoms with Crippen LogP contribution in [0.15, 0.2) is 47.5 Å². The number of likely N-dealkylation sites (N-methyl/N-ethyl adjacent to an activating group) is 1. The minimum absolute atomic E-state index is 0.215. The highest BCUT2D eigenvalue weighted by molar-refractivity contribution is 5.93. The predicted octanol–water partition coefficient (Wildman–Crippen LogP) is 2.96. The van der Waals surface area contributed by atoms with Crippen LogP contribution in [0.1, 0.15) is 5.56 Å². The van der Waals surface area contributed by atoms with E-state index >= 15 is 0 Å². The summed E-state index contributed by atoms with van der Waals surface area (Å²) < 4.78 is 23.5. The number of guanidine groups is 1. The van der Waals surface area contributed by atoms with Gasteiger partial charge >= 0.3 is 0 Å². The number of halogens is 1. The molecule has 27 heavy (non-hydrogen) atoms. The monoisotopic (exact) mass is 374 g/mol. The molecule has 0 heterocycles. The van der Waals surface area contributed by atoms with Gasteiger partial charge in [0.15, 0.2) is 17.5 Å². The number of nitrogens with one attached hydrogen (secondary N) is 2. The lowest BCUT2D eigenvalue weighted by atomic mass is 10.2. The van der Waals surface area contributed by atoms with E-state index in [1.807, 2.05) is 25.2 Å². The fraction of sp³-hybridized carbons (Fsp3) is 0.350. The highest BCUT2D eigenvalue weighted by Crippen LogP contribution is 2.29. The minimum Gasteiger partial charge on any atom is -0.493 e. The van der Waals surface area contributed by atoms with Crippen molar-refractivity contribution < 1.29 is 13.9 Å². The third-order valence-electron chi connectivity index (χ3n) is 4.02. The van der Waals surface area contributed by atoms with Crippen molar-refractivity contribution >= 4 is 11.6 Å². The van der Waals surface area contributed by atoms with Crippen molar-refractivity contribution in [2.75, 3.05) is 46.7 Å². The maximum Gasteiger partial charge on any atom is 0.195 e. The Morgan fingerprint density at radius 3 is 2.41 bits per heavy atom. The van der Waals surface area contributed by atoms with Crippen LogP contribution in [0, 0.1) is 5.82 Å². The van der Waals surface area contributed by atoms with Gasteiger partial charge < -0.3 is 25.0 Å². The average molecular weight is 374 g/mol. The van der Waals surface area contributed by atoms with E-state index in [9.17, 15) is 4.39 Å². The van der Waals surface area contributed by atoms with E-state index in [1.54, 1.807) is 33.4 Å². The number of methoxy groups -OCH3 is 2. The molecule has 0 unspecified atom stereocenters. The molecule has 2 N–H and O–H groups in total. The number of nitrogens with zero attached hydrogens (tertiary/aromatic N) is 2. The lowest BCUT2D eigenvalue weighted by molar-refractivity contribution is 0.331. The van der Waals surface area contributed by atoms with Gasteiger partial charge in [0.1, 0.15) is 5.82 Å². The van der Waals surface area contributed by atoms with Crippen LogP contribution >= 0.6 is 0 Å². The Morgan fingerprint density at radius 1 is 1.07 bits per heavy atom. The van der Waals surface area contributed by atoms with Crippen molar-refractivity contribution in [2.24, 2.45) is 4.99 Å². The summed E-state index contributed by atoms with van der Waals surface area (Å²) in [6.45, 7) is 2.28. The van der Waals surface area contributed by atoms with Crippen molar-refractivity contribution in [2.45, 2.75) is 6.54 Å². The first-order valence-electron chi connectivity index (χ1n) is 8.68. The molecule has 7 heteroatoms. The largest absolute Gasteiger partial charge is 0.493 e. The molecule has 0 fully saturated rings. The Kier molecular flexibility index (Phi) is 7.88. The van der Waals surface area contributed by atoms with Crippen molar-refractivity contribution in [3.63, 3.8) is 0 Å². The van der Waals surface area contributed by atoms with Gasteiger partial charge in [-0.05, 0) is 36.9 Å². The van der Waals surface area contributed by atoms with Gasteiger partial charge in [-0.25, -0.2) is 4.39 Å². The zero-order chi connectivity index (χ0) is 19.6. The highest BCUT2D eigenvalue weighted by Gasteiger charge is 2.07. The molecule has 0 aliphatic heterocycles. The van der Waals surface area contributed by atoms with E-state index in [4.69, 9.17) is 9.47 Å². The number of aliphatic imine (C=N–C) groups is 1. The van der Waals surface area contributed by atoms with Crippen LogP contribution in [-0.4, -0.2) is 52.3 Å². The molecule has 0 aromatic heterocycles. The van der Waals surface area contributed by atoms with Crippen molar-refractivity contribution in [1.29, 1.82) is 0 Å². The first-order valence-corrected chi connectivity index (χ1v) is 8.68. The van der Waals surface area contributed by atoms with E-state index in [0.29, 0.717) is 24.0 Å². The molecule has 2 rings (SSSR count). The zero-order valence-corrected chi connectivity index (χ0v) is 16.3. The molecule has 2 aromatic rings. The minimum atomic E-state index is -0.215. The quantitative estimate of drug-likeness (QED) is 0.550. The highest BCUT2D eigenvalue weighted by atomic mass is 19.1. The van der Waals surface area contributed by atoms with Gasteiger partial charge in [0.05, 0.1) is 14.2 Å². The first kappa shape index (κ1) is 20.5. The van der Waals surface area contributed by atoms with Crippen molar-refractivity contribution in [3.8, 4) is 11.5 Å². The molecular weight excluding hydrogens is 347 g/mol. The summed E-state index contributed by atoms with van der Waals surface area (Å²) >= 11 is 0. The fourth-order valence-corrected chi connectivity index (χ4v) is 2.58. The zero-order valence-electron chi connectivity index (χ0n) is 16.3. The summed E-state index contributed by atoms with van der Waals surface area (Å²) in [6.07, 6.45) is 0. The maximum absolute atomic E-state index is 13.0. The van der Waals surface area contributed by atoms with Gasteiger partial charge in [-0.1, -0.05) is 12.1 Å². The number of anilines is 1. The van der Waals surface area contributed by atoms with E-state index in [1.165, 1.54) is 12.1 Å². The van der Waals surface area contributed by atoms with Gasteiger partial charge in [-0.2, -0.15) is 0 Å². The summed E-state index contributed by atoms with van der Waals surface area (Å²) in [5.74, 6) is 1.77. The first-order chi connectivity index (χ1) is 13.0. The lowest BCUT2D eigenvalue weighted by Crippen LogP contribution is -2.36. The molecule has 0 spiro atoms. The van der Waals surface area contributed by atoms with Crippen LogP contribution in [0.25, 0.3) is 0 Å². The molecule has 0 atom stereocenters. The lowest BCUT2D eigenvalue weighted by Gasteiger charge is -2.18. The standard InChI is InChI=1S/C20H27FN4O2/c1-22-20(24-17-9-10-18(26-3)19(13-17)27-4)23-11-12-25(2)14-15-5-7-16(21)8-6-15/h5-10,13H,11-12,14H2,1-4H3,(H2,22,23,24). The van der Waals surface area contributed by atoms with Gasteiger partial charge in [-0.3, -0.25) is 4.99 Å². The summed E-state index contributed by atoms with van der Waals surface area (Å²) in [7, 11) is 6.95. The molecule has 0 saturated heterocycles. The third-order valence-corrected chi connectivity index (χ3v) is 4.02. The second-order valence-electron chi connectivity index (χ2n) is 6.06. The molecule has 0 aliphatic rings. The maximum atomic E-state index is 13.0. The van der Waals surface area contributed by atoms with Gasteiger partial charge in [-0.15, -0.1) is 0 Å². The summed E-state index contributed by atoms with van der Waals surface area (Å²) in [4.78, 5) is 6.39. The number of hydrogen-bond donors (Lipinski definition) is 2. The molecule has 0 saturated carbocycles. The van der Waals surface area contributed by atoms with Crippen LogP contribution in [0.5, 0.6) is 11.5 Å². The Morgan fingerprint density at radius 2 is 1.78 bits per heavy atom. The normalized spacial score (nSPS) is 11.4. The van der Waals surface area contributed by atoms with Crippen LogP contribution in [0.2, 0.25) is 0 Å². The summed E-state index contributed by atoms with van der Waals surface area (Å²) in [6, 6.07) is 12.2. The smallest absolute Gasteiger partial charge is 0.195 e. The summed E-state index contributed by atoms with van der Waals surface area (Å²) in [5.41, 5.74) is 1.92. The van der Waals surface area contributed by atoms with Crippen molar-refractivity contribution in [1.82, 2.24) is 10.2 Å². The Balaban J connectivity index is 1.82. The second kappa shape index (κ2) is 10.4.